The number of carboxylic acids is 1. The largest absolute Gasteiger partial charge is 0.508 e. The van der Waals surface area contributed by atoms with Crippen molar-refractivity contribution in [3.05, 3.63) is 28.2 Å². The molecule has 1 aromatic rings. The van der Waals surface area contributed by atoms with E-state index in [2.05, 4.69) is 27.8 Å². The van der Waals surface area contributed by atoms with Crippen LogP contribution in [0.4, 0.5) is 0 Å². The summed E-state index contributed by atoms with van der Waals surface area (Å²) in [5, 5.41) is 19.3. The lowest BCUT2D eigenvalue weighted by molar-refractivity contribution is -0.138. The van der Waals surface area contributed by atoms with Crippen molar-refractivity contribution in [2.45, 2.75) is 31.8 Å². The van der Waals surface area contributed by atoms with Crippen molar-refractivity contribution in [1.82, 2.24) is 4.90 Å². The highest BCUT2D eigenvalue weighted by atomic mass is 79.9. The van der Waals surface area contributed by atoms with Gasteiger partial charge in [0.25, 0.3) is 0 Å². The van der Waals surface area contributed by atoms with Crippen LogP contribution in [0.2, 0.25) is 0 Å². The number of carbonyl (C=O) groups is 1. The van der Waals surface area contributed by atoms with E-state index in [9.17, 15) is 9.90 Å². The molecular formula is C15H20BrNO3S. The van der Waals surface area contributed by atoms with Gasteiger partial charge in [-0.3, -0.25) is 9.69 Å². The van der Waals surface area contributed by atoms with Crippen molar-refractivity contribution in [1.29, 1.82) is 0 Å². The van der Waals surface area contributed by atoms with Gasteiger partial charge in [0.2, 0.25) is 0 Å². The molecule has 116 valence electrons. The minimum absolute atomic E-state index is 0.0181. The fraction of sp³-hybridized carbons (Fsp3) is 0.533. The quantitative estimate of drug-likeness (QED) is 0.826. The number of carboxylic acid groups (broad SMARTS) is 1. The zero-order valence-electron chi connectivity index (χ0n) is 12.0. The number of hydrogen-bond acceptors (Lipinski definition) is 4. The van der Waals surface area contributed by atoms with Crippen LogP contribution < -0.4 is 0 Å². The van der Waals surface area contributed by atoms with Gasteiger partial charge in [0, 0.05) is 40.2 Å². The molecule has 1 aliphatic heterocycles. The molecule has 1 fully saturated rings. The van der Waals surface area contributed by atoms with Crippen LogP contribution in [0.25, 0.3) is 0 Å². The molecule has 6 heteroatoms. The van der Waals surface area contributed by atoms with Crippen LogP contribution in [0.1, 0.15) is 31.4 Å². The normalized spacial score (nSPS) is 21.1. The lowest BCUT2D eigenvalue weighted by Crippen LogP contribution is -2.45. The molecule has 1 saturated heterocycles. The third-order valence-electron chi connectivity index (χ3n) is 3.82. The van der Waals surface area contributed by atoms with Gasteiger partial charge in [-0.2, -0.15) is 11.8 Å². The number of hydrogen-bond donors (Lipinski definition) is 2. The highest BCUT2D eigenvalue weighted by Gasteiger charge is 2.31. The van der Waals surface area contributed by atoms with Crippen molar-refractivity contribution in [2.24, 2.45) is 0 Å². The van der Waals surface area contributed by atoms with Gasteiger partial charge in [-0.25, -0.2) is 0 Å². The molecule has 2 unspecified atom stereocenters. The summed E-state index contributed by atoms with van der Waals surface area (Å²) >= 11 is 5.25. The van der Waals surface area contributed by atoms with Crippen LogP contribution in [0.3, 0.4) is 0 Å². The molecule has 0 saturated carbocycles. The monoisotopic (exact) mass is 373 g/mol. The summed E-state index contributed by atoms with van der Waals surface area (Å²) in [6.45, 7) is 2.93. The molecule has 0 aliphatic carbocycles. The Hall–Kier alpha value is -0.720. The van der Waals surface area contributed by atoms with Gasteiger partial charge in [0.15, 0.2) is 0 Å². The van der Waals surface area contributed by atoms with E-state index in [1.807, 2.05) is 12.1 Å². The SMILES string of the molecule is CCC(c1cc(Br)ccc1O)N1CCSCC1CC(=O)O. The molecular weight excluding hydrogens is 354 g/mol. The van der Waals surface area contributed by atoms with E-state index in [4.69, 9.17) is 5.11 Å². The van der Waals surface area contributed by atoms with Gasteiger partial charge in [-0.15, -0.1) is 0 Å². The number of benzene rings is 1. The number of thioether (sulfide) groups is 1. The smallest absolute Gasteiger partial charge is 0.304 e. The number of halogens is 1. The molecule has 21 heavy (non-hydrogen) atoms. The van der Waals surface area contributed by atoms with E-state index >= 15 is 0 Å². The summed E-state index contributed by atoms with van der Waals surface area (Å²) in [7, 11) is 0. The lowest BCUT2D eigenvalue weighted by Gasteiger charge is -2.40. The van der Waals surface area contributed by atoms with Crippen molar-refractivity contribution >= 4 is 33.7 Å². The van der Waals surface area contributed by atoms with E-state index in [1.54, 1.807) is 17.8 Å². The van der Waals surface area contributed by atoms with Gasteiger partial charge in [-0.1, -0.05) is 22.9 Å². The van der Waals surface area contributed by atoms with E-state index in [0.29, 0.717) is 0 Å². The van der Waals surface area contributed by atoms with Gasteiger partial charge in [0.1, 0.15) is 5.75 Å². The summed E-state index contributed by atoms with van der Waals surface area (Å²) in [6, 6.07) is 5.50. The first kappa shape index (κ1) is 16.6. The molecule has 0 spiro atoms. The molecule has 2 atom stereocenters. The summed E-state index contributed by atoms with van der Waals surface area (Å²) < 4.78 is 0.926. The highest BCUT2D eigenvalue weighted by Crippen LogP contribution is 2.36. The summed E-state index contributed by atoms with van der Waals surface area (Å²) in [4.78, 5) is 13.3. The Morgan fingerprint density at radius 1 is 1.57 bits per heavy atom. The maximum absolute atomic E-state index is 11.1. The Bertz CT molecular complexity index is 512. The van der Waals surface area contributed by atoms with Crippen molar-refractivity contribution in [3.63, 3.8) is 0 Å². The Labute approximate surface area is 137 Å². The van der Waals surface area contributed by atoms with Crippen LogP contribution in [0, 0.1) is 0 Å². The molecule has 0 radical (unpaired) electrons. The van der Waals surface area contributed by atoms with Crippen LogP contribution >= 0.6 is 27.7 Å². The fourth-order valence-electron chi connectivity index (χ4n) is 2.88. The van der Waals surface area contributed by atoms with E-state index in [-0.39, 0.29) is 24.3 Å². The number of rotatable bonds is 5. The number of aliphatic carboxylic acids is 1. The average molecular weight is 374 g/mol. The van der Waals surface area contributed by atoms with Crippen molar-refractivity contribution in [3.8, 4) is 5.75 Å². The Kier molecular flexibility index (Phi) is 5.96. The number of nitrogens with zero attached hydrogens (tertiary/aromatic N) is 1. The van der Waals surface area contributed by atoms with Crippen LogP contribution in [-0.4, -0.2) is 45.2 Å². The molecule has 2 rings (SSSR count). The molecule has 2 N–H and O–H groups in total. The van der Waals surface area contributed by atoms with Gasteiger partial charge < -0.3 is 10.2 Å². The zero-order valence-corrected chi connectivity index (χ0v) is 14.4. The van der Waals surface area contributed by atoms with Gasteiger partial charge in [-0.05, 0) is 24.6 Å². The number of phenols is 1. The average Bonchev–Trinajstić information content (AvgIpc) is 2.44. The Morgan fingerprint density at radius 2 is 2.33 bits per heavy atom. The molecule has 1 heterocycles. The number of phenolic OH excluding ortho intramolecular Hbond substituents is 1. The van der Waals surface area contributed by atoms with Crippen molar-refractivity contribution in [2.75, 3.05) is 18.1 Å². The van der Waals surface area contributed by atoms with E-state index in [1.165, 1.54) is 0 Å². The molecule has 0 aromatic heterocycles. The van der Waals surface area contributed by atoms with E-state index < -0.39 is 5.97 Å². The van der Waals surface area contributed by atoms with E-state index in [0.717, 1.165) is 34.5 Å². The summed E-state index contributed by atoms with van der Waals surface area (Å²) in [5.74, 6) is 1.34. The second kappa shape index (κ2) is 7.51. The Morgan fingerprint density at radius 3 is 3.00 bits per heavy atom. The third-order valence-corrected chi connectivity index (χ3v) is 5.40. The second-order valence-corrected chi connectivity index (χ2v) is 7.26. The van der Waals surface area contributed by atoms with Crippen LogP contribution in [0.15, 0.2) is 22.7 Å². The topological polar surface area (TPSA) is 60.8 Å². The third kappa shape index (κ3) is 4.14. The molecule has 1 aromatic carbocycles. The molecule has 0 amide bonds. The predicted octanol–water partition coefficient (Wildman–Crippen LogP) is 3.50. The maximum Gasteiger partial charge on any atom is 0.304 e. The lowest BCUT2D eigenvalue weighted by atomic mass is 9.99. The van der Waals surface area contributed by atoms with Crippen LogP contribution in [0.5, 0.6) is 5.75 Å². The summed E-state index contributed by atoms with van der Waals surface area (Å²) in [6.07, 6.45) is 0.989. The summed E-state index contributed by atoms with van der Waals surface area (Å²) in [5.41, 5.74) is 0.870. The first-order valence-corrected chi connectivity index (χ1v) is 9.01. The molecule has 1 aliphatic rings. The van der Waals surface area contributed by atoms with Gasteiger partial charge >= 0.3 is 5.97 Å². The van der Waals surface area contributed by atoms with Crippen molar-refractivity contribution < 1.29 is 15.0 Å². The predicted molar refractivity (Wildman–Crippen MR) is 88.9 cm³/mol. The molecule has 4 nitrogen and oxygen atoms in total. The zero-order chi connectivity index (χ0) is 15.4. The van der Waals surface area contributed by atoms with Gasteiger partial charge in [0.05, 0.1) is 6.42 Å². The second-order valence-electron chi connectivity index (χ2n) is 5.19. The fourth-order valence-corrected chi connectivity index (χ4v) is 4.35. The first-order valence-electron chi connectivity index (χ1n) is 7.06. The van der Waals surface area contributed by atoms with Crippen LogP contribution in [-0.2, 0) is 4.79 Å². The number of aromatic hydroxyl groups is 1. The minimum atomic E-state index is -0.763. The standard InChI is InChI=1S/C15H20BrNO3S/c1-2-13(12-7-10(16)3-4-14(12)18)17-5-6-21-9-11(17)8-15(19)20/h3-4,7,11,13,18H,2,5-6,8-9H2,1H3,(H,19,20). The molecule has 0 bridgehead atoms. The highest BCUT2D eigenvalue weighted by molar-refractivity contribution is 9.10. The maximum atomic E-state index is 11.1. The first-order chi connectivity index (χ1) is 10.0. The Balaban J connectivity index is 2.29. The minimum Gasteiger partial charge on any atom is -0.508 e.